The molecule has 1 aromatic carbocycles. The number of aliphatic hydroxyl groups excluding tert-OH is 1. The molecule has 1 atom stereocenters. The van der Waals surface area contributed by atoms with E-state index in [1.165, 1.54) is 0 Å². The maximum absolute atomic E-state index is 9.38. The van der Waals surface area contributed by atoms with Gasteiger partial charge in [0.1, 0.15) is 12.4 Å². The lowest BCUT2D eigenvalue weighted by molar-refractivity contribution is 0.0750. The van der Waals surface area contributed by atoms with Crippen molar-refractivity contribution < 1.29 is 9.84 Å². The van der Waals surface area contributed by atoms with E-state index in [4.69, 9.17) is 10.00 Å². The molecule has 21 heavy (non-hydrogen) atoms. The molecular formula is C16H23N3O2. The lowest BCUT2D eigenvalue weighted by Gasteiger charge is -2.35. The molecule has 0 spiro atoms. The van der Waals surface area contributed by atoms with Crippen LogP contribution in [0.1, 0.15) is 12.5 Å². The van der Waals surface area contributed by atoms with Crippen LogP contribution < -0.4 is 4.74 Å². The highest BCUT2D eigenvalue weighted by Crippen LogP contribution is 2.12. The summed E-state index contributed by atoms with van der Waals surface area (Å²) in [6, 6.07) is 9.36. The van der Waals surface area contributed by atoms with Gasteiger partial charge >= 0.3 is 0 Å². The van der Waals surface area contributed by atoms with E-state index in [9.17, 15) is 5.11 Å². The van der Waals surface area contributed by atoms with Crippen LogP contribution in [-0.4, -0.2) is 66.9 Å². The molecule has 1 aliphatic rings. The fraction of sp³-hybridized carbons (Fsp3) is 0.562. The quantitative estimate of drug-likeness (QED) is 0.844. The molecule has 0 aromatic heterocycles. The molecule has 0 bridgehead atoms. The molecule has 1 fully saturated rings. The van der Waals surface area contributed by atoms with E-state index in [1.807, 2.05) is 19.1 Å². The molecule has 0 saturated carbocycles. The van der Waals surface area contributed by atoms with Crippen LogP contribution in [0.4, 0.5) is 0 Å². The highest BCUT2D eigenvalue weighted by atomic mass is 16.5. The number of hydrogen-bond donors (Lipinski definition) is 1. The third-order valence-corrected chi connectivity index (χ3v) is 3.63. The van der Waals surface area contributed by atoms with Crippen molar-refractivity contribution in [3.05, 3.63) is 29.8 Å². The Bertz CT molecular complexity index is 477. The van der Waals surface area contributed by atoms with Gasteiger partial charge in [0.2, 0.25) is 0 Å². The van der Waals surface area contributed by atoms with Crippen LogP contribution in [0.2, 0.25) is 0 Å². The van der Waals surface area contributed by atoms with Crippen molar-refractivity contribution in [1.82, 2.24) is 9.80 Å². The van der Waals surface area contributed by atoms with Gasteiger partial charge in [-0.1, -0.05) is 6.07 Å². The molecule has 0 aliphatic carbocycles. The van der Waals surface area contributed by atoms with Crippen molar-refractivity contribution in [1.29, 1.82) is 5.26 Å². The maximum atomic E-state index is 9.38. The van der Waals surface area contributed by atoms with E-state index in [2.05, 4.69) is 15.9 Å². The second kappa shape index (κ2) is 7.99. The number of rotatable bonds is 6. The lowest BCUT2D eigenvalue weighted by atomic mass is 10.2. The first kappa shape index (κ1) is 15.8. The summed E-state index contributed by atoms with van der Waals surface area (Å²) in [5, 5.41) is 18.2. The summed E-state index contributed by atoms with van der Waals surface area (Å²) in [5.41, 5.74) is 0.624. The van der Waals surface area contributed by atoms with Crippen molar-refractivity contribution in [2.75, 3.05) is 45.9 Å². The first-order valence-corrected chi connectivity index (χ1v) is 7.43. The van der Waals surface area contributed by atoms with Crippen LogP contribution >= 0.6 is 0 Å². The van der Waals surface area contributed by atoms with Gasteiger partial charge in [-0.3, -0.25) is 9.80 Å². The monoisotopic (exact) mass is 289 g/mol. The van der Waals surface area contributed by atoms with Crippen LogP contribution in [0.15, 0.2) is 24.3 Å². The Morgan fingerprint density at radius 3 is 2.67 bits per heavy atom. The van der Waals surface area contributed by atoms with Crippen LogP contribution in [0.3, 0.4) is 0 Å². The van der Waals surface area contributed by atoms with E-state index in [-0.39, 0.29) is 6.10 Å². The van der Waals surface area contributed by atoms with Crippen molar-refractivity contribution in [2.45, 2.75) is 13.0 Å². The van der Waals surface area contributed by atoms with Crippen molar-refractivity contribution >= 4 is 0 Å². The van der Waals surface area contributed by atoms with Gasteiger partial charge in [0.25, 0.3) is 0 Å². The highest BCUT2D eigenvalue weighted by Gasteiger charge is 2.17. The summed E-state index contributed by atoms with van der Waals surface area (Å²) in [6.07, 6.45) is -0.257. The van der Waals surface area contributed by atoms with Crippen molar-refractivity contribution in [2.24, 2.45) is 0 Å². The highest BCUT2D eigenvalue weighted by molar-refractivity contribution is 5.36. The van der Waals surface area contributed by atoms with E-state index in [0.29, 0.717) is 12.2 Å². The molecule has 5 heteroatoms. The summed E-state index contributed by atoms with van der Waals surface area (Å²) < 4.78 is 5.70. The van der Waals surface area contributed by atoms with Gasteiger partial charge in [0, 0.05) is 39.3 Å². The minimum Gasteiger partial charge on any atom is -0.492 e. The van der Waals surface area contributed by atoms with E-state index in [1.54, 1.807) is 12.1 Å². The first-order valence-electron chi connectivity index (χ1n) is 7.43. The number of benzene rings is 1. The minimum atomic E-state index is -0.257. The summed E-state index contributed by atoms with van der Waals surface area (Å²) >= 11 is 0. The fourth-order valence-corrected chi connectivity index (χ4v) is 2.52. The molecule has 1 aromatic rings. The zero-order valence-corrected chi connectivity index (χ0v) is 12.5. The maximum Gasteiger partial charge on any atom is 0.120 e. The third kappa shape index (κ3) is 5.35. The predicted molar refractivity (Wildman–Crippen MR) is 81.2 cm³/mol. The number of piperazine rings is 1. The number of nitriles is 1. The molecule has 1 saturated heterocycles. The zero-order valence-electron chi connectivity index (χ0n) is 12.5. The Hall–Kier alpha value is -1.61. The van der Waals surface area contributed by atoms with Gasteiger partial charge in [-0.2, -0.15) is 5.26 Å². The summed E-state index contributed by atoms with van der Waals surface area (Å²) in [5.74, 6) is 0.752. The average Bonchev–Trinajstić information content (AvgIpc) is 2.49. The van der Waals surface area contributed by atoms with Crippen molar-refractivity contribution in [3.8, 4) is 11.8 Å². The number of β-amino-alcohol motifs (C(OH)–C–C–N with tert-alkyl or cyclic N) is 1. The van der Waals surface area contributed by atoms with E-state index in [0.717, 1.165) is 45.0 Å². The SMILES string of the molecule is C[C@@H](O)CN1CCN(CCOc2cccc(C#N)c2)CC1. The van der Waals surface area contributed by atoms with Crippen LogP contribution in [0.5, 0.6) is 5.75 Å². The molecule has 0 radical (unpaired) electrons. The van der Waals surface area contributed by atoms with Crippen LogP contribution in [0.25, 0.3) is 0 Å². The van der Waals surface area contributed by atoms with Gasteiger partial charge in [-0.05, 0) is 25.1 Å². The van der Waals surface area contributed by atoms with E-state index < -0.39 is 0 Å². The number of hydrogen-bond acceptors (Lipinski definition) is 5. The standard InChI is InChI=1S/C16H23N3O2/c1-14(20)13-19-7-5-18(6-8-19)9-10-21-16-4-2-3-15(11-16)12-17/h2-4,11,14,20H,5-10,13H2,1H3/t14-/m1/s1. The molecular weight excluding hydrogens is 266 g/mol. The second-order valence-corrected chi connectivity index (χ2v) is 5.48. The second-order valence-electron chi connectivity index (χ2n) is 5.48. The molecule has 2 rings (SSSR count). The predicted octanol–water partition coefficient (Wildman–Crippen LogP) is 0.935. The zero-order chi connectivity index (χ0) is 15.1. The largest absolute Gasteiger partial charge is 0.492 e. The molecule has 114 valence electrons. The average molecular weight is 289 g/mol. The van der Waals surface area contributed by atoms with Crippen LogP contribution in [-0.2, 0) is 0 Å². The Kier molecular flexibility index (Phi) is 6.00. The minimum absolute atomic E-state index is 0.257. The number of ether oxygens (including phenoxy) is 1. The topological polar surface area (TPSA) is 59.7 Å². The van der Waals surface area contributed by atoms with Gasteiger partial charge < -0.3 is 9.84 Å². The van der Waals surface area contributed by atoms with Gasteiger partial charge in [0.15, 0.2) is 0 Å². The van der Waals surface area contributed by atoms with Gasteiger partial charge in [-0.15, -0.1) is 0 Å². The van der Waals surface area contributed by atoms with Gasteiger partial charge in [-0.25, -0.2) is 0 Å². The Labute approximate surface area is 126 Å². The third-order valence-electron chi connectivity index (χ3n) is 3.63. The fourth-order valence-electron chi connectivity index (χ4n) is 2.52. The normalized spacial score (nSPS) is 18.1. The Balaban J connectivity index is 1.67. The summed E-state index contributed by atoms with van der Waals surface area (Å²) in [4.78, 5) is 4.66. The Morgan fingerprint density at radius 2 is 2.00 bits per heavy atom. The van der Waals surface area contributed by atoms with Crippen molar-refractivity contribution in [3.63, 3.8) is 0 Å². The smallest absolute Gasteiger partial charge is 0.120 e. The molecule has 5 nitrogen and oxygen atoms in total. The van der Waals surface area contributed by atoms with E-state index >= 15 is 0 Å². The molecule has 0 amide bonds. The molecule has 1 N–H and O–H groups in total. The van der Waals surface area contributed by atoms with Gasteiger partial charge in [0.05, 0.1) is 17.7 Å². The van der Waals surface area contributed by atoms with Crippen LogP contribution in [0, 0.1) is 11.3 Å². The molecule has 1 heterocycles. The molecule has 1 aliphatic heterocycles. The lowest BCUT2D eigenvalue weighted by Crippen LogP contribution is -2.49. The number of aliphatic hydroxyl groups is 1. The Morgan fingerprint density at radius 1 is 1.29 bits per heavy atom. The summed E-state index contributed by atoms with van der Waals surface area (Å²) in [6.45, 7) is 8.11. The first-order chi connectivity index (χ1) is 10.2. The summed E-state index contributed by atoms with van der Waals surface area (Å²) in [7, 11) is 0. The number of nitrogens with zero attached hydrogens (tertiary/aromatic N) is 3. The molecule has 0 unspecified atom stereocenters.